The van der Waals surface area contributed by atoms with Crippen molar-refractivity contribution in [2.75, 3.05) is 13.2 Å². The first-order valence-electron chi connectivity index (χ1n) is 9.88. The lowest BCUT2D eigenvalue weighted by atomic mass is 10.0. The van der Waals surface area contributed by atoms with E-state index in [1.54, 1.807) is 6.08 Å². The van der Waals surface area contributed by atoms with E-state index in [2.05, 4.69) is 26.5 Å². The Morgan fingerprint density at radius 2 is 2.00 bits per heavy atom. The lowest BCUT2D eigenvalue weighted by Gasteiger charge is -2.18. The Balaban J connectivity index is 2.01. The Labute approximate surface area is 168 Å². The molecule has 28 heavy (non-hydrogen) atoms. The third-order valence-electron chi connectivity index (χ3n) is 4.72. The first-order valence-corrected chi connectivity index (χ1v) is 9.88. The summed E-state index contributed by atoms with van der Waals surface area (Å²) >= 11 is 0. The maximum atomic E-state index is 11.8. The fourth-order valence-corrected chi connectivity index (χ4v) is 3.24. The molecule has 152 valence electrons. The van der Waals surface area contributed by atoms with E-state index >= 15 is 0 Å². The number of benzene rings is 1. The molecule has 0 N–H and O–H groups in total. The predicted molar refractivity (Wildman–Crippen MR) is 112 cm³/mol. The van der Waals surface area contributed by atoms with Gasteiger partial charge in [0.1, 0.15) is 23.7 Å². The second-order valence-corrected chi connectivity index (χ2v) is 7.70. The molecule has 1 aromatic carbocycles. The minimum atomic E-state index is -0.206. The van der Waals surface area contributed by atoms with Crippen LogP contribution in [0, 0.1) is 5.92 Å². The molecule has 2 rings (SSSR count). The molecule has 0 aliphatic carbocycles. The largest absolute Gasteiger partial charge is 0.489 e. The molecule has 0 radical (unpaired) electrons. The van der Waals surface area contributed by atoms with Crippen molar-refractivity contribution in [1.82, 2.24) is 0 Å². The summed E-state index contributed by atoms with van der Waals surface area (Å²) < 4.78 is 17.1. The summed E-state index contributed by atoms with van der Waals surface area (Å²) in [7, 11) is 0. The lowest BCUT2D eigenvalue weighted by Crippen LogP contribution is -2.16. The number of esters is 1. The number of rotatable bonds is 8. The van der Waals surface area contributed by atoms with Gasteiger partial charge in [-0.15, -0.1) is 0 Å². The molecular weight excluding hydrogens is 352 g/mol. The number of carbonyl (C=O) groups is 1. The summed E-state index contributed by atoms with van der Waals surface area (Å²) in [4.78, 5) is 11.8. The smallest absolute Gasteiger partial charge is 0.308 e. The zero-order valence-corrected chi connectivity index (χ0v) is 17.7. The summed E-state index contributed by atoms with van der Waals surface area (Å²) in [6, 6.07) is 7.82. The van der Waals surface area contributed by atoms with Gasteiger partial charge in [-0.1, -0.05) is 37.8 Å². The molecule has 1 heterocycles. The number of carbonyl (C=O) groups excluding carboxylic acids is 1. The lowest BCUT2D eigenvalue weighted by molar-refractivity contribution is -0.147. The predicted octanol–water partition coefficient (Wildman–Crippen LogP) is 5.39. The van der Waals surface area contributed by atoms with Crippen LogP contribution in [0.3, 0.4) is 0 Å². The van der Waals surface area contributed by atoms with Crippen molar-refractivity contribution in [3.8, 4) is 5.75 Å². The van der Waals surface area contributed by atoms with Crippen molar-refractivity contribution in [1.29, 1.82) is 0 Å². The first kappa shape index (κ1) is 21.8. The van der Waals surface area contributed by atoms with E-state index in [9.17, 15) is 4.79 Å². The highest BCUT2D eigenvalue weighted by Gasteiger charge is 2.33. The standard InChI is InChI=1S/C24H32O4/c1-7-19-15-24(5,6)28-22(19)20(8-2)16-27-21-12-10-18(11-13-21)14-17(4)23(25)26-9-3/h7-8,10-13,17H,2,9,14-16H2,1,3-6H3/b19-7-,22-20-. The van der Waals surface area contributed by atoms with Gasteiger partial charge in [0, 0.05) is 12.0 Å². The van der Waals surface area contributed by atoms with Crippen molar-refractivity contribution in [2.24, 2.45) is 5.92 Å². The van der Waals surface area contributed by atoms with Gasteiger partial charge >= 0.3 is 5.97 Å². The number of allylic oxidation sites excluding steroid dienone is 2. The van der Waals surface area contributed by atoms with Crippen molar-refractivity contribution >= 4 is 5.97 Å². The van der Waals surface area contributed by atoms with E-state index in [0.29, 0.717) is 19.6 Å². The molecule has 0 spiro atoms. The quantitative estimate of drug-likeness (QED) is 0.564. The molecule has 0 saturated carbocycles. The molecular formula is C24H32O4. The van der Waals surface area contributed by atoms with Gasteiger partial charge in [0.25, 0.3) is 0 Å². The van der Waals surface area contributed by atoms with E-state index in [4.69, 9.17) is 14.2 Å². The fraction of sp³-hybridized carbons (Fsp3) is 0.458. The normalized spacial score (nSPS) is 19.7. The van der Waals surface area contributed by atoms with Gasteiger partial charge in [0.05, 0.1) is 12.5 Å². The molecule has 1 atom stereocenters. The molecule has 1 fully saturated rings. The summed E-state index contributed by atoms with van der Waals surface area (Å²) in [5, 5.41) is 0. The summed E-state index contributed by atoms with van der Waals surface area (Å²) in [6.07, 6.45) is 5.42. The van der Waals surface area contributed by atoms with Crippen molar-refractivity contribution in [2.45, 2.75) is 53.1 Å². The molecule has 1 saturated heterocycles. The van der Waals surface area contributed by atoms with Gasteiger partial charge in [-0.25, -0.2) is 0 Å². The van der Waals surface area contributed by atoms with E-state index in [-0.39, 0.29) is 17.5 Å². The zero-order valence-electron chi connectivity index (χ0n) is 17.7. The van der Waals surface area contributed by atoms with E-state index in [1.165, 1.54) is 5.57 Å². The van der Waals surface area contributed by atoms with Crippen molar-refractivity contribution < 1.29 is 19.0 Å². The highest BCUT2D eigenvalue weighted by atomic mass is 16.5. The van der Waals surface area contributed by atoms with Crippen LogP contribution in [0.5, 0.6) is 5.75 Å². The zero-order chi connectivity index (χ0) is 20.7. The third kappa shape index (κ3) is 5.75. The van der Waals surface area contributed by atoms with Crippen LogP contribution in [-0.4, -0.2) is 24.8 Å². The molecule has 4 nitrogen and oxygen atoms in total. The van der Waals surface area contributed by atoms with Gasteiger partial charge in [0.2, 0.25) is 0 Å². The first-order chi connectivity index (χ1) is 13.3. The average molecular weight is 385 g/mol. The Morgan fingerprint density at radius 3 is 2.57 bits per heavy atom. The van der Waals surface area contributed by atoms with Crippen molar-refractivity contribution in [3.63, 3.8) is 0 Å². The maximum absolute atomic E-state index is 11.8. The Hall–Kier alpha value is -2.49. The van der Waals surface area contributed by atoms with Crippen LogP contribution in [0.1, 0.15) is 46.6 Å². The van der Waals surface area contributed by atoms with E-state index < -0.39 is 0 Å². The van der Waals surface area contributed by atoms with Gasteiger partial charge in [-0.3, -0.25) is 4.79 Å². The molecule has 0 amide bonds. The summed E-state index contributed by atoms with van der Waals surface area (Å²) in [5.41, 5.74) is 3.00. The topological polar surface area (TPSA) is 44.8 Å². The van der Waals surface area contributed by atoms with Gasteiger partial charge in [-0.05, 0) is 57.4 Å². The van der Waals surface area contributed by atoms with Gasteiger partial charge < -0.3 is 14.2 Å². The van der Waals surface area contributed by atoms with E-state index in [0.717, 1.165) is 29.1 Å². The van der Waals surface area contributed by atoms with Gasteiger partial charge in [0.15, 0.2) is 0 Å². The van der Waals surface area contributed by atoms with E-state index in [1.807, 2.05) is 45.0 Å². The number of ether oxygens (including phenoxy) is 3. The van der Waals surface area contributed by atoms with Crippen LogP contribution in [0.15, 0.2) is 59.9 Å². The molecule has 1 unspecified atom stereocenters. The fourth-order valence-electron chi connectivity index (χ4n) is 3.24. The molecule has 0 bridgehead atoms. The van der Waals surface area contributed by atoms with Gasteiger partial charge in [-0.2, -0.15) is 0 Å². The number of hydrogen-bond acceptors (Lipinski definition) is 4. The number of hydrogen-bond donors (Lipinski definition) is 0. The monoisotopic (exact) mass is 384 g/mol. The minimum Gasteiger partial charge on any atom is -0.489 e. The molecule has 1 aliphatic heterocycles. The Morgan fingerprint density at radius 1 is 1.32 bits per heavy atom. The van der Waals surface area contributed by atoms with Crippen LogP contribution in [0.4, 0.5) is 0 Å². The Bertz CT molecular complexity index is 753. The Kier molecular flexibility index (Phi) is 7.50. The molecule has 4 heteroatoms. The highest BCUT2D eigenvalue weighted by Crippen LogP contribution is 2.38. The maximum Gasteiger partial charge on any atom is 0.308 e. The van der Waals surface area contributed by atoms with Crippen LogP contribution >= 0.6 is 0 Å². The second kappa shape index (κ2) is 9.63. The van der Waals surface area contributed by atoms with Crippen LogP contribution in [-0.2, 0) is 20.7 Å². The molecule has 1 aliphatic rings. The second-order valence-electron chi connectivity index (χ2n) is 7.70. The third-order valence-corrected chi connectivity index (χ3v) is 4.72. The average Bonchev–Trinajstić information content (AvgIpc) is 2.98. The van der Waals surface area contributed by atoms with Crippen LogP contribution in [0.2, 0.25) is 0 Å². The highest BCUT2D eigenvalue weighted by molar-refractivity contribution is 5.72. The molecule has 0 aromatic heterocycles. The summed E-state index contributed by atoms with van der Waals surface area (Å²) in [6.45, 7) is 14.6. The van der Waals surface area contributed by atoms with Crippen LogP contribution in [0.25, 0.3) is 0 Å². The minimum absolute atomic E-state index is 0.161. The molecule has 1 aromatic rings. The van der Waals surface area contributed by atoms with Crippen molar-refractivity contribution in [3.05, 3.63) is 65.5 Å². The summed E-state index contributed by atoms with van der Waals surface area (Å²) in [5.74, 6) is 1.32. The SMILES string of the molecule is C=C/C(COc1ccc(CC(C)C(=O)OCC)cc1)=C1/OC(C)(C)C/C1=C/C. The van der Waals surface area contributed by atoms with Crippen LogP contribution < -0.4 is 4.74 Å².